The van der Waals surface area contributed by atoms with Gasteiger partial charge in [-0.05, 0) is 61.1 Å². The molecule has 1 aliphatic carbocycles. The monoisotopic (exact) mass is 364 g/mol. The molecule has 0 saturated carbocycles. The second kappa shape index (κ2) is 9.24. The quantitative estimate of drug-likeness (QED) is 0.609. The van der Waals surface area contributed by atoms with E-state index >= 15 is 0 Å². The van der Waals surface area contributed by atoms with Crippen LogP contribution in [-0.4, -0.2) is 60.3 Å². The number of allylic oxidation sites excluding steroid dienone is 4. The maximum Gasteiger partial charge on any atom is 0.220 e. The molecule has 146 valence electrons. The zero-order chi connectivity index (χ0) is 20.1. The van der Waals surface area contributed by atoms with Gasteiger partial charge in [0, 0.05) is 41.8 Å². The molecule has 0 radical (unpaired) electrons. The lowest BCUT2D eigenvalue weighted by Gasteiger charge is -2.25. The van der Waals surface area contributed by atoms with Crippen molar-refractivity contribution >= 4 is 17.5 Å². The van der Waals surface area contributed by atoms with E-state index in [9.17, 15) is 19.5 Å². The average Bonchev–Trinajstić information content (AvgIpc) is 2.56. The Morgan fingerprint density at radius 3 is 2.19 bits per heavy atom. The van der Waals surface area contributed by atoms with Gasteiger partial charge in [0.25, 0.3) is 0 Å². The number of aliphatic hydroxyl groups is 1. The zero-order valence-electron chi connectivity index (χ0n) is 16.9. The maximum absolute atomic E-state index is 12.4. The summed E-state index contributed by atoms with van der Waals surface area (Å²) in [6.45, 7) is 8.00. The van der Waals surface area contributed by atoms with E-state index in [-0.39, 0.29) is 23.9 Å². The van der Waals surface area contributed by atoms with Gasteiger partial charge in [0.2, 0.25) is 5.91 Å². The largest absolute Gasteiger partial charge is 0.390 e. The molecule has 0 saturated heterocycles. The fourth-order valence-electron chi connectivity index (χ4n) is 2.87. The third-order valence-electron chi connectivity index (χ3n) is 5.00. The Hall–Kier alpha value is -1.79. The topological polar surface area (TPSA) is 86.7 Å². The van der Waals surface area contributed by atoms with Gasteiger partial charge < -0.3 is 15.3 Å². The number of amides is 1. The van der Waals surface area contributed by atoms with Gasteiger partial charge in [-0.15, -0.1) is 0 Å². The normalized spacial score (nSPS) is 17.8. The molecule has 6 heteroatoms. The molecule has 2 N–H and O–H groups in total. The number of nitrogens with zero attached hydrogens (tertiary/aromatic N) is 1. The zero-order valence-corrected chi connectivity index (χ0v) is 16.9. The maximum atomic E-state index is 12.4. The molecule has 6 nitrogen and oxygen atoms in total. The molecule has 0 fully saturated rings. The molecule has 0 aromatic heterocycles. The van der Waals surface area contributed by atoms with Crippen molar-refractivity contribution in [1.29, 1.82) is 0 Å². The summed E-state index contributed by atoms with van der Waals surface area (Å²) >= 11 is 0. The molecule has 1 unspecified atom stereocenters. The Morgan fingerprint density at radius 1 is 1.04 bits per heavy atom. The third-order valence-corrected chi connectivity index (χ3v) is 5.00. The van der Waals surface area contributed by atoms with Gasteiger partial charge in [0.15, 0.2) is 11.6 Å². The number of carbonyl (C=O) groups excluding carboxylic acids is 3. The number of hydrogen-bond donors (Lipinski definition) is 2. The van der Waals surface area contributed by atoms with Crippen molar-refractivity contribution in [3.05, 3.63) is 22.3 Å². The summed E-state index contributed by atoms with van der Waals surface area (Å²) in [6.07, 6.45) is 1.19. The van der Waals surface area contributed by atoms with Crippen LogP contribution in [-0.2, 0) is 14.4 Å². The average molecular weight is 364 g/mol. The summed E-state index contributed by atoms with van der Waals surface area (Å²) in [5.74, 6) is -0.310. The Labute approximate surface area is 156 Å². The summed E-state index contributed by atoms with van der Waals surface area (Å²) < 4.78 is 0. The highest BCUT2D eigenvalue weighted by molar-refractivity contribution is 6.24. The third kappa shape index (κ3) is 6.18. The van der Waals surface area contributed by atoms with Gasteiger partial charge >= 0.3 is 0 Å². The summed E-state index contributed by atoms with van der Waals surface area (Å²) in [6, 6.07) is 0. The molecular formula is C20H32N2O4. The summed E-state index contributed by atoms with van der Waals surface area (Å²) in [5, 5.41) is 13.4. The molecule has 0 spiro atoms. The van der Waals surface area contributed by atoms with Crippen LogP contribution < -0.4 is 5.32 Å². The lowest BCUT2D eigenvalue weighted by Crippen LogP contribution is -2.33. The lowest BCUT2D eigenvalue weighted by atomic mass is 9.82. The van der Waals surface area contributed by atoms with Crippen LogP contribution in [0.4, 0.5) is 0 Å². The number of ketones is 2. The molecule has 26 heavy (non-hydrogen) atoms. The van der Waals surface area contributed by atoms with Crippen molar-refractivity contribution < 1.29 is 19.5 Å². The molecule has 1 atom stereocenters. The minimum atomic E-state index is -1.07. The summed E-state index contributed by atoms with van der Waals surface area (Å²) in [4.78, 5) is 38.5. The number of nitrogens with one attached hydrogen (secondary N) is 1. The smallest absolute Gasteiger partial charge is 0.220 e. The van der Waals surface area contributed by atoms with Gasteiger partial charge in [-0.2, -0.15) is 0 Å². The van der Waals surface area contributed by atoms with E-state index in [1.807, 2.05) is 19.0 Å². The van der Waals surface area contributed by atoms with E-state index in [1.165, 1.54) is 0 Å². The molecule has 1 amide bonds. The van der Waals surface area contributed by atoms with Crippen molar-refractivity contribution in [3.63, 3.8) is 0 Å². The second-order valence-corrected chi connectivity index (χ2v) is 7.66. The van der Waals surface area contributed by atoms with Crippen molar-refractivity contribution in [2.75, 3.05) is 27.2 Å². The number of hydrogen-bond acceptors (Lipinski definition) is 5. The van der Waals surface area contributed by atoms with Crippen molar-refractivity contribution in [3.8, 4) is 0 Å². The van der Waals surface area contributed by atoms with E-state index in [2.05, 4.69) is 5.32 Å². The summed E-state index contributed by atoms with van der Waals surface area (Å²) in [7, 11) is 3.87. The minimum Gasteiger partial charge on any atom is -0.390 e. The number of Topliss-reactive ketones (excluding diaryl/α,β-unsaturated/α-hetero) is 2. The first-order valence-electron chi connectivity index (χ1n) is 9.06. The van der Waals surface area contributed by atoms with E-state index in [1.54, 1.807) is 27.7 Å². The predicted molar refractivity (Wildman–Crippen MR) is 102 cm³/mol. The Balaban J connectivity index is 2.56. The van der Waals surface area contributed by atoms with Gasteiger partial charge in [-0.3, -0.25) is 14.4 Å². The van der Waals surface area contributed by atoms with Crippen LogP contribution in [0.3, 0.4) is 0 Å². The van der Waals surface area contributed by atoms with Crippen LogP contribution in [0.1, 0.15) is 53.4 Å². The van der Waals surface area contributed by atoms with E-state index in [0.717, 1.165) is 6.54 Å². The van der Waals surface area contributed by atoms with Crippen molar-refractivity contribution in [2.24, 2.45) is 0 Å². The van der Waals surface area contributed by atoms with Crippen LogP contribution in [0.15, 0.2) is 22.3 Å². The number of likely N-dealkylation sites (N-methyl/N-ethyl adjacent to an activating group) is 1. The molecule has 0 bridgehead atoms. The first-order chi connectivity index (χ1) is 12.0. The number of carbonyl (C=O) groups is 3. The molecule has 0 aromatic carbocycles. The minimum absolute atomic E-state index is 0.0964. The van der Waals surface area contributed by atoms with Gasteiger partial charge in [0.05, 0.1) is 5.60 Å². The Morgan fingerprint density at radius 2 is 1.62 bits per heavy atom. The first-order valence-corrected chi connectivity index (χ1v) is 9.06. The van der Waals surface area contributed by atoms with Crippen LogP contribution in [0.25, 0.3) is 0 Å². The SMILES string of the molecule is CC1=C(C)C(=O)C(CCC(C)(O)CCC(=O)NCCN(C)C)=C(C)C1=O. The molecule has 1 rings (SSSR count). The molecule has 1 aliphatic rings. The Kier molecular flexibility index (Phi) is 7.90. The van der Waals surface area contributed by atoms with Crippen LogP contribution >= 0.6 is 0 Å². The van der Waals surface area contributed by atoms with Crippen molar-refractivity contribution in [2.45, 2.75) is 59.0 Å². The Bertz CT molecular complexity index is 642. The number of rotatable bonds is 9. The fraction of sp³-hybridized carbons (Fsp3) is 0.650. The van der Waals surface area contributed by atoms with Crippen LogP contribution in [0, 0.1) is 0 Å². The van der Waals surface area contributed by atoms with Crippen LogP contribution in [0.2, 0.25) is 0 Å². The van der Waals surface area contributed by atoms with Gasteiger partial charge in [0.1, 0.15) is 0 Å². The van der Waals surface area contributed by atoms with Gasteiger partial charge in [-0.1, -0.05) is 0 Å². The highest BCUT2D eigenvalue weighted by Crippen LogP contribution is 2.30. The highest BCUT2D eigenvalue weighted by Gasteiger charge is 2.30. The van der Waals surface area contributed by atoms with E-state index in [0.29, 0.717) is 48.1 Å². The molecular weight excluding hydrogens is 332 g/mol. The van der Waals surface area contributed by atoms with E-state index < -0.39 is 5.60 Å². The first kappa shape index (κ1) is 22.3. The summed E-state index contributed by atoms with van der Waals surface area (Å²) in [5.41, 5.74) is 0.858. The molecule has 0 aromatic rings. The standard InChI is InChI=1S/C20H32N2O4/c1-13-14(2)19(25)16(15(3)18(13)24)7-9-20(4,26)10-8-17(23)21-11-12-22(5)6/h26H,7-12H2,1-6H3,(H,21,23). The van der Waals surface area contributed by atoms with Crippen LogP contribution in [0.5, 0.6) is 0 Å². The van der Waals surface area contributed by atoms with E-state index in [4.69, 9.17) is 0 Å². The fourth-order valence-corrected chi connectivity index (χ4v) is 2.87. The lowest BCUT2D eigenvalue weighted by molar-refractivity contribution is -0.122. The van der Waals surface area contributed by atoms with Gasteiger partial charge in [-0.25, -0.2) is 0 Å². The highest BCUT2D eigenvalue weighted by atomic mass is 16.3. The molecule has 0 aliphatic heterocycles. The second-order valence-electron chi connectivity index (χ2n) is 7.66. The predicted octanol–water partition coefficient (Wildman–Crippen LogP) is 1.78. The molecule has 0 heterocycles. The van der Waals surface area contributed by atoms with Crippen molar-refractivity contribution in [1.82, 2.24) is 10.2 Å².